The molecule has 0 heterocycles. The molecule has 3 rings (SSSR count). The number of fused-ring (bicyclic) bond motifs is 1. The van der Waals surface area contributed by atoms with Gasteiger partial charge in [-0.3, -0.25) is 4.79 Å². The van der Waals surface area contributed by atoms with Crippen LogP contribution in [0, 0.1) is 6.92 Å². The second-order valence-corrected chi connectivity index (χ2v) is 6.88. The molecule has 0 unspecified atom stereocenters. The standard InChI is InChI=1S/C19H26O3/c1-13-12-16(22-2)17(15-9-5-4-8-14(13)15)19(18(20)21)10-6-3-7-11-19/h12H,3-11H2,1-2H3,(H,20,21). The molecule has 0 atom stereocenters. The van der Waals surface area contributed by atoms with Gasteiger partial charge >= 0.3 is 5.97 Å². The predicted octanol–water partition coefficient (Wildman–Crippen LogP) is 4.17. The highest BCUT2D eigenvalue weighted by Gasteiger charge is 2.45. The van der Waals surface area contributed by atoms with Crippen molar-refractivity contribution in [3.05, 3.63) is 28.3 Å². The van der Waals surface area contributed by atoms with Gasteiger partial charge in [0.15, 0.2) is 0 Å². The monoisotopic (exact) mass is 302 g/mol. The van der Waals surface area contributed by atoms with Gasteiger partial charge in [-0.1, -0.05) is 19.3 Å². The third kappa shape index (κ3) is 2.31. The van der Waals surface area contributed by atoms with Gasteiger partial charge in [-0.2, -0.15) is 0 Å². The van der Waals surface area contributed by atoms with Crippen molar-refractivity contribution in [2.75, 3.05) is 7.11 Å². The maximum Gasteiger partial charge on any atom is 0.314 e. The second kappa shape index (κ2) is 5.94. The lowest BCUT2D eigenvalue weighted by atomic mass is 9.65. The van der Waals surface area contributed by atoms with Crippen molar-refractivity contribution in [2.45, 2.75) is 70.1 Å². The number of methoxy groups -OCH3 is 1. The lowest BCUT2D eigenvalue weighted by Crippen LogP contribution is -2.39. The Kier molecular flexibility index (Phi) is 4.16. The van der Waals surface area contributed by atoms with Crippen molar-refractivity contribution < 1.29 is 14.6 Å². The van der Waals surface area contributed by atoms with E-state index in [1.165, 1.54) is 23.1 Å². The number of hydrogen-bond acceptors (Lipinski definition) is 2. The summed E-state index contributed by atoms with van der Waals surface area (Å²) in [5.74, 6) is 0.129. The molecule has 2 aliphatic rings. The van der Waals surface area contributed by atoms with Gasteiger partial charge in [0.05, 0.1) is 12.5 Å². The van der Waals surface area contributed by atoms with Crippen LogP contribution >= 0.6 is 0 Å². The first-order valence-corrected chi connectivity index (χ1v) is 8.53. The summed E-state index contributed by atoms with van der Waals surface area (Å²) in [5, 5.41) is 10.1. The van der Waals surface area contributed by atoms with Gasteiger partial charge in [-0.15, -0.1) is 0 Å². The second-order valence-electron chi connectivity index (χ2n) is 6.88. The van der Waals surface area contributed by atoms with Gasteiger partial charge in [0.25, 0.3) is 0 Å². The number of carboxylic acids is 1. The van der Waals surface area contributed by atoms with Gasteiger partial charge in [-0.25, -0.2) is 0 Å². The Balaban J connectivity index is 2.25. The average molecular weight is 302 g/mol. The van der Waals surface area contributed by atoms with Crippen molar-refractivity contribution >= 4 is 5.97 Å². The minimum Gasteiger partial charge on any atom is -0.496 e. The summed E-state index contributed by atoms with van der Waals surface area (Å²) in [7, 11) is 1.67. The van der Waals surface area contributed by atoms with Crippen LogP contribution in [-0.4, -0.2) is 18.2 Å². The van der Waals surface area contributed by atoms with Crippen molar-refractivity contribution in [2.24, 2.45) is 0 Å². The first-order chi connectivity index (χ1) is 10.6. The number of aliphatic carboxylic acids is 1. The highest BCUT2D eigenvalue weighted by Crippen LogP contribution is 2.48. The quantitative estimate of drug-likeness (QED) is 0.911. The van der Waals surface area contributed by atoms with E-state index < -0.39 is 11.4 Å². The molecule has 22 heavy (non-hydrogen) atoms. The van der Waals surface area contributed by atoms with E-state index in [9.17, 15) is 9.90 Å². The molecule has 1 N–H and O–H groups in total. The highest BCUT2D eigenvalue weighted by molar-refractivity contribution is 5.84. The van der Waals surface area contributed by atoms with Crippen molar-refractivity contribution in [1.82, 2.24) is 0 Å². The summed E-state index contributed by atoms with van der Waals surface area (Å²) in [5.41, 5.74) is 4.19. The van der Waals surface area contributed by atoms with Gasteiger partial charge in [0, 0.05) is 5.56 Å². The number of benzene rings is 1. The summed E-state index contributed by atoms with van der Waals surface area (Å²) in [6, 6.07) is 2.07. The fourth-order valence-electron chi connectivity index (χ4n) is 4.53. The molecule has 120 valence electrons. The molecule has 0 amide bonds. The van der Waals surface area contributed by atoms with Gasteiger partial charge < -0.3 is 9.84 Å². The zero-order valence-electron chi connectivity index (χ0n) is 13.7. The lowest BCUT2D eigenvalue weighted by molar-refractivity contribution is -0.145. The molecule has 1 saturated carbocycles. The smallest absolute Gasteiger partial charge is 0.314 e. The molecular weight excluding hydrogens is 276 g/mol. The Morgan fingerprint density at radius 2 is 1.73 bits per heavy atom. The summed E-state index contributed by atoms with van der Waals surface area (Å²) in [6.45, 7) is 2.13. The van der Waals surface area contributed by atoms with Gasteiger partial charge in [0.2, 0.25) is 0 Å². The largest absolute Gasteiger partial charge is 0.496 e. The third-order valence-corrected chi connectivity index (χ3v) is 5.65. The molecular formula is C19H26O3. The maximum absolute atomic E-state index is 12.3. The normalized spacial score (nSPS) is 20.3. The Bertz CT molecular complexity index is 583. The van der Waals surface area contributed by atoms with Crippen LogP contribution in [0.3, 0.4) is 0 Å². The Morgan fingerprint density at radius 3 is 2.32 bits per heavy atom. The number of ether oxygens (including phenoxy) is 1. The third-order valence-electron chi connectivity index (χ3n) is 5.65. The fourth-order valence-corrected chi connectivity index (χ4v) is 4.53. The number of carbonyl (C=O) groups is 1. The number of hydrogen-bond donors (Lipinski definition) is 1. The van der Waals surface area contributed by atoms with Crippen molar-refractivity contribution in [1.29, 1.82) is 0 Å². The Morgan fingerprint density at radius 1 is 1.09 bits per heavy atom. The average Bonchev–Trinajstić information content (AvgIpc) is 2.55. The summed E-state index contributed by atoms with van der Waals surface area (Å²) < 4.78 is 5.66. The highest BCUT2D eigenvalue weighted by atomic mass is 16.5. The van der Waals surface area contributed by atoms with E-state index in [4.69, 9.17) is 4.74 Å². The molecule has 0 spiro atoms. The lowest BCUT2D eigenvalue weighted by Gasteiger charge is -2.38. The van der Waals surface area contributed by atoms with Crippen molar-refractivity contribution in [3.63, 3.8) is 0 Å². The van der Waals surface area contributed by atoms with E-state index in [0.29, 0.717) is 0 Å². The van der Waals surface area contributed by atoms with E-state index in [1.54, 1.807) is 7.11 Å². The molecule has 1 fully saturated rings. The van der Waals surface area contributed by atoms with Crippen molar-refractivity contribution in [3.8, 4) is 5.75 Å². The van der Waals surface area contributed by atoms with Crippen LogP contribution in [0.15, 0.2) is 6.07 Å². The minimum atomic E-state index is -0.737. The van der Waals surface area contributed by atoms with Crippen LogP contribution in [0.5, 0.6) is 5.75 Å². The van der Waals surface area contributed by atoms with Crippen LogP contribution in [0.2, 0.25) is 0 Å². The Hall–Kier alpha value is -1.51. The molecule has 0 bridgehead atoms. The number of aryl methyl sites for hydroxylation is 1. The molecule has 0 saturated heterocycles. The minimum absolute atomic E-state index is 0.665. The zero-order valence-corrected chi connectivity index (χ0v) is 13.7. The molecule has 2 aliphatic carbocycles. The summed E-state index contributed by atoms with van der Waals surface area (Å²) in [4.78, 5) is 12.3. The van der Waals surface area contributed by atoms with E-state index >= 15 is 0 Å². The fraction of sp³-hybridized carbons (Fsp3) is 0.632. The van der Waals surface area contributed by atoms with Gasteiger partial charge in [-0.05, 0) is 68.2 Å². The molecule has 0 aromatic heterocycles. The van der Waals surface area contributed by atoms with E-state index in [2.05, 4.69) is 13.0 Å². The van der Waals surface area contributed by atoms with Crippen LogP contribution in [0.4, 0.5) is 0 Å². The molecule has 0 radical (unpaired) electrons. The summed E-state index contributed by atoms with van der Waals surface area (Å²) >= 11 is 0. The first kappa shape index (κ1) is 15.4. The first-order valence-electron chi connectivity index (χ1n) is 8.53. The van der Waals surface area contributed by atoms with Crippen LogP contribution in [0.25, 0.3) is 0 Å². The van der Waals surface area contributed by atoms with E-state index in [0.717, 1.165) is 62.7 Å². The predicted molar refractivity (Wildman–Crippen MR) is 86.8 cm³/mol. The van der Waals surface area contributed by atoms with Crippen LogP contribution in [0.1, 0.15) is 67.2 Å². The van der Waals surface area contributed by atoms with Crippen LogP contribution < -0.4 is 4.74 Å². The Labute approximate surface area is 132 Å². The summed E-state index contributed by atoms with van der Waals surface area (Å²) in [6.07, 6.45) is 9.07. The van der Waals surface area contributed by atoms with E-state index in [-0.39, 0.29) is 0 Å². The molecule has 1 aromatic rings. The van der Waals surface area contributed by atoms with Crippen LogP contribution in [-0.2, 0) is 23.1 Å². The number of carboxylic acid groups (broad SMARTS) is 1. The zero-order chi connectivity index (χ0) is 15.7. The van der Waals surface area contributed by atoms with E-state index in [1.807, 2.05) is 0 Å². The molecule has 0 aliphatic heterocycles. The molecule has 3 heteroatoms. The molecule has 1 aromatic carbocycles. The number of rotatable bonds is 3. The SMILES string of the molecule is COc1cc(C)c2c(c1C1(C(=O)O)CCCCC1)CCCC2. The van der Waals surface area contributed by atoms with Gasteiger partial charge in [0.1, 0.15) is 5.75 Å². The maximum atomic E-state index is 12.3. The molecule has 3 nitrogen and oxygen atoms in total. The topological polar surface area (TPSA) is 46.5 Å².